The van der Waals surface area contributed by atoms with E-state index in [1.807, 2.05) is 0 Å². The highest BCUT2D eigenvalue weighted by molar-refractivity contribution is 5.97. The van der Waals surface area contributed by atoms with Crippen LogP contribution in [0.1, 0.15) is 24.2 Å². The van der Waals surface area contributed by atoms with Gasteiger partial charge in [0.05, 0.1) is 4.92 Å². The summed E-state index contributed by atoms with van der Waals surface area (Å²) >= 11 is 0. The standard InChI is InChI=1S/C19H18N2O7/c1-12(22)14-7-9-15(10-8-14)20-19(24)13(2)28-18(23)11-27-17-6-4-3-5-16(17)21(25)26/h3-10,13H,11H2,1-2H3,(H,20,24)/t13-/m0/s1. The Balaban J connectivity index is 1.87. The Labute approximate surface area is 160 Å². The third-order valence-electron chi connectivity index (χ3n) is 3.64. The van der Waals surface area contributed by atoms with Gasteiger partial charge in [-0.15, -0.1) is 0 Å². The van der Waals surface area contributed by atoms with Crippen LogP contribution in [0.4, 0.5) is 11.4 Å². The van der Waals surface area contributed by atoms with Gasteiger partial charge in [0, 0.05) is 17.3 Å². The van der Waals surface area contributed by atoms with Gasteiger partial charge in [0.2, 0.25) is 0 Å². The van der Waals surface area contributed by atoms with E-state index in [4.69, 9.17) is 9.47 Å². The summed E-state index contributed by atoms with van der Waals surface area (Å²) in [6, 6.07) is 11.8. The number of para-hydroxylation sites is 2. The minimum absolute atomic E-state index is 0.0767. The van der Waals surface area contributed by atoms with E-state index >= 15 is 0 Å². The number of nitrogens with zero attached hydrogens (tertiary/aromatic N) is 1. The molecule has 0 saturated heterocycles. The quantitative estimate of drug-likeness (QED) is 0.320. The Morgan fingerprint density at radius 3 is 2.36 bits per heavy atom. The van der Waals surface area contributed by atoms with Crippen molar-refractivity contribution in [1.82, 2.24) is 0 Å². The Kier molecular flexibility index (Phi) is 6.80. The molecule has 1 N–H and O–H groups in total. The van der Waals surface area contributed by atoms with E-state index < -0.39 is 29.5 Å². The highest BCUT2D eigenvalue weighted by Gasteiger charge is 2.20. The van der Waals surface area contributed by atoms with Gasteiger partial charge < -0.3 is 14.8 Å². The Hall–Kier alpha value is -3.75. The maximum atomic E-state index is 12.1. The zero-order valence-corrected chi connectivity index (χ0v) is 15.2. The van der Waals surface area contributed by atoms with E-state index in [1.54, 1.807) is 24.3 Å². The number of benzene rings is 2. The zero-order valence-electron chi connectivity index (χ0n) is 15.2. The lowest BCUT2D eigenvalue weighted by Gasteiger charge is -2.14. The molecule has 0 fully saturated rings. The molecule has 0 aliphatic carbocycles. The van der Waals surface area contributed by atoms with E-state index in [0.29, 0.717) is 11.3 Å². The first kappa shape index (κ1) is 20.6. The van der Waals surface area contributed by atoms with Gasteiger partial charge in [-0.25, -0.2) is 4.79 Å². The molecule has 0 saturated carbocycles. The van der Waals surface area contributed by atoms with Gasteiger partial charge in [-0.3, -0.25) is 19.7 Å². The first-order valence-corrected chi connectivity index (χ1v) is 8.25. The van der Waals surface area contributed by atoms with Crippen molar-refractivity contribution < 1.29 is 28.8 Å². The van der Waals surface area contributed by atoms with Crippen molar-refractivity contribution in [3.05, 3.63) is 64.2 Å². The van der Waals surface area contributed by atoms with Crippen LogP contribution in [-0.4, -0.2) is 35.3 Å². The summed E-state index contributed by atoms with van der Waals surface area (Å²) in [4.78, 5) is 45.5. The summed E-state index contributed by atoms with van der Waals surface area (Å²) in [5, 5.41) is 13.5. The number of hydrogen-bond donors (Lipinski definition) is 1. The highest BCUT2D eigenvalue weighted by Crippen LogP contribution is 2.25. The molecular weight excluding hydrogens is 368 g/mol. The van der Waals surface area contributed by atoms with Crippen molar-refractivity contribution in [2.45, 2.75) is 20.0 Å². The monoisotopic (exact) mass is 386 g/mol. The molecule has 2 aromatic rings. The van der Waals surface area contributed by atoms with E-state index in [0.717, 1.165) is 0 Å². The molecule has 1 atom stereocenters. The predicted molar refractivity (Wildman–Crippen MR) is 99.2 cm³/mol. The molecule has 9 nitrogen and oxygen atoms in total. The average Bonchev–Trinajstić information content (AvgIpc) is 2.66. The van der Waals surface area contributed by atoms with Gasteiger partial charge in [-0.2, -0.15) is 0 Å². The minimum Gasteiger partial charge on any atom is -0.475 e. The lowest BCUT2D eigenvalue weighted by atomic mass is 10.1. The van der Waals surface area contributed by atoms with Crippen LogP contribution in [0.15, 0.2) is 48.5 Å². The normalized spacial score (nSPS) is 11.2. The minimum atomic E-state index is -1.12. The van der Waals surface area contributed by atoms with Crippen molar-refractivity contribution >= 4 is 29.0 Å². The molecule has 0 radical (unpaired) electrons. The van der Waals surface area contributed by atoms with E-state index in [2.05, 4.69) is 5.32 Å². The lowest BCUT2D eigenvalue weighted by Crippen LogP contribution is -2.31. The Morgan fingerprint density at radius 1 is 1.11 bits per heavy atom. The van der Waals surface area contributed by atoms with Gasteiger partial charge in [-0.05, 0) is 44.2 Å². The fourth-order valence-electron chi connectivity index (χ4n) is 2.18. The van der Waals surface area contributed by atoms with Crippen molar-refractivity contribution in [1.29, 1.82) is 0 Å². The van der Waals surface area contributed by atoms with Crippen LogP contribution in [0, 0.1) is 10.1 Å². The van der Waals surface area contributed by atoms with Crippen LogP contribution in [0.2, 0.25) is 0 Å². The van der Waals surface area contributed by atoms with Crippen LogP contribution < -0.4 is 10.1 Å². The number of hydrogen-bond acceptors (Lipinski definition) is 7. The van der Waals surface area contributed by atoms with Gasteiger partial charge in [0.1, 0.15) is 0 Å². The van der Waals surface area contributed by atoms with E-state index in [1.165, 1.54) is 38.1 Å². The van der Waals surface area contributed by atoms with Crippen LogP contribution in [0.25, 0.3) is 0 Å². The summed E-state index contributed by atoms with van der Waals surface area (Å²) in [7, 11) is 0. The number of esters is 1. The number of nitro benzene ring substituents is 1. The number of ketones is 1. The number of carbonyl (C=O) groups excluding carboxylic acids is 3. The highest BCUT2D eigenvalue weighted by atomic mass is 16.6. The Morgan fingerprint density at radius 2 is 1.75 bits per heavy atom. The van der Waals surface area contributed by atoms with Crippen molar-refractivity contribution in [2.24, 2.45) is 0 Å². The lowest BCUT2D eigenvalue weighted by molar-refractivity contribution is -0.385. The maximum absolute atomic E-state index is 12.1. The van der Waals surface area contributed by atoms with Crippen LogP contribution in [0.3, 0.4) is 0 Å². The molecule has 0 spiro atoms. The van der Waals surface area contributed by atoms with E-state index in [-0.39, 0.29) is 17.2 Å². The second-order valence-electron chi connectivity index (χ2n) is 5.77. The van der Waals surface area contributed by atoms with Crippen molar-refractivity contribution in [2.75, 3.05) is 11.9 Å². The number of amides is 1. The number of anilines is 1. The Bertz CT molecular complexity index is 893. The van der Waals surface area contributed by atoms with E-state index in [9.17, 15) is 24.5 Å². The van der Waals surface area contributed by atoms with Crippen LogP contribution in [-0.2, 0) is 14.3 Å². The number of rotatable bonds is 8. The first-order valence-electron chi connectivity index (χ1n) is 8.25. The molecule has 0 aromatic heterocycles. The summed E-state index contributed by atoms with van der Waals surface area (Å²) in [6.45, 7) is 2.22. The smallest absolute Gasteiger partial charge is 0.344 e. The zero-order chi connectivity index (χ0) is 20.7. The predicted octanol–water partition coefficient (Wildman–Crippen LogP) is 2.75. The van der Waals surface area contributed by atoms with Crippen LogP contribution >= 0.6 is 0 Å². The van der Waals surface area contributed by atoms with Gasteiger partial charge in [-0.1, -0.05) is 12.1 Å². The number of nitrogens with one attached hydrogen (secondary N) is 1. The number of Topliss-reactive ketones (excluding diaryl/α,β-unsaturated/α-hetero) is 1. The fourth-order valence-corrected chi connectivity index (χ4v) is 2.18. The molecule has 0 heterocycles. The summed E-state index contributed by atoms with van der Waals surface area (Å²) in [6.07, 6.45) is -1.12. The molecule has 0 aliphatic heterocycles. The van der Waals surface area contributed by atoms with Gasteiger partial charge >= 0.3 is 11.7 Å². The molecule has 0 unspecified atom stereocenters. The number of ether oxygens (including phenoxy) is 2. The molecule has 0 bridgehead atoms. The molecule has 28 heavy (non-hydrogen) atoms. The third kappa shape index (κ3) is 5.63. The van der Waals surface area contributed by atoms with Crippen LogP contribution in [0.5, 0.6) is 5.75 Å². The molecular formula is C19H18N2O7. The summed E-state index contributed by atoms with van der Waals surface area (Å²) in [5.41, 5.74) is 0.661. The number of carbonyl (C=O) groups is 3. The molecule has 146 valence electrons. The molecule has 1 amide bonds. The second-order valence-corrected chi connectivity index (χ2v) is 5.77. The molecule has 2 rings (SSSR count). The fraction of sp³-hybridized carbons (Fsp3) is 0.211. The largest absolute Gasteiger partial charge is 0.475 e. The molecule has 2 aromatic carbocycles. The maximum Gasteiger partial charge on any atom is 0.344 e. The summed E-state index contributed by atoms with van der Waals surface area (Å²) < 4.78 is 10.1. The molecule has 9 heteroatoms. The van der Waals surface area contributed by atoms with Crippen molar-refractivity contribution in [3.63, 3.8) is 0 Å². The van der Waals surface area contributed by atoms with Gasteiger partial charge in [0.15, 0.2) is 24.2 Å². The van der Waals surface area contributed by atoms with Gasteiger partial charge in [0.25, 0.3) is 5.91 Å². The second kappa shape index (κ2) is 9.26. The number of nitro groups is 1. The molecule has 0 aliphatic rings. The third-order valence-corrected chi connectivity index (χ3v) is 3.64. The van der Waals surface area contributed by atoms with Crippen molar-refractivity contribution in [3.8, 4) is 5.75 Å². The summed E-state index contributed by atoms with van der Waals surface area (Å²) in [5.74, 6) is -1.60. The topological polar surface area (TPSA) is 125 Å². The first-order chi connectivity index (χ1) is 13.3. The average molecular weight is 386 g/mol. The SMILES string of the molecule is CC(=O)c1ccc(NC(=O)[C@H](C)OC(=O)COc2ccccc2[N+](=O)[O-])cc1.